The number of ether oxygens (including phenoxy) is 2. The van der Waals surface area contributed by atoms with Gasteiger partial charge in [0.15, 0.2) is 17.3 Å². The number of phenols is 1. The van der Waals surface area contributed by atoms with Gasteiger partial charge in [-0.05, 0) is 49.8 Å². The normalized spacial score (nSPS) is 20.3. The predicted octanol–water partition coefficient (Wildman–Crippen LogP) is 4.74. The molecule has 1 atom stereocenters. The zero-order chi connectivity index (χ0) is 22.8. The van der Waals surface area contributed by atoms with Gasteiger partial charge in [0, 0.05) is 29.3 Å². The first kappa shape index (κ1) is 22.9. The maximum absolute atomic E-state index is 13.3. The molecule has 1 aromatic rings. The third-order valence-corrected chi connectivity index (χ3v) is 5.81. The number of aromatic hydroxyl groups is 1. The maximum atomic E-state index is 13.3. The molecule has 0 fully saturated rings. The van der Waals surface area contributed by atoms with Crippen LogP contribution in [0.2, 0.25) is 0 Å². The molecule has 31 heavy (non-hydrogen) atoms. The van der Waals surface area contributed by atoms with Crippen molar-refractivity contribution >= 4 is 11.8 Å². The highest BCUT2D eigenvalue weighted by Crippen LogP contribution is 2.47. The molecule has 3 rings (SSSR count). The Morgan fingerprint density at radius 3 is 2.68 bits per heavy atom. The van der Waals surface area contributed by atoms with E-state index in [9.17, 15) is 14.7 Å². The van der Waals surface area contributed by atoms with Gasteiger partial charge in [-0.3, -0.25) is 4.79 Å². The van der Waals surface area contributed by atoms with Gasteiger partial charge in [-0.15, -0.1) is 0 Å². The van der Waals surface area contributed by atoms with Gasteiger partial charge in [0.25, 0.3) is 0 Å². The van der Waals surface area contributed by atoms with Crippen LogP contribution in [-0.2, 0) is 14.3 Å². The Bertz CT molecular complexity index is 941. The van der Waals surface area contributed by atoms with Gasteiger partial charge in [-0.2, -0.15) is 0 Å². The van der Waals surface area contributed by atoms with Crippen LogP contribution < -0.4 is 10.1 Å². The second-order valence-electron chi connectivity index (χ2n) is 9.08. The van der Waals surface area contributed by atoms with Crippen molar-refractivity contribution in [1.82, 2.24) is 5.32 Å². The van der Waals surface area contributed by atoms with Gasteiger partial charge in [0.05, 0.1) is 18.8 Å². The third kappa shape index (κ3) is 4.78. The van der Waals surface area contributed by atoms with E-state index in [0.717, 1.165) is 30.5 Å². The standard InChI is InChI=1S/C25H33NO5/c1-6-8-11-31-24(29)21-15(3)26-17-13-25(4,5)14-19(28)23(17)22(21)16-9-10-18(27)20(12-16)30-7-2/h9-10,12,22,26-27H,6-8,11,13-14H2,1-5H3/t22-/m1/s1. The minimum Gasteiger partial charge on any atom is -0.504 e. The zero-order valence-electron chi connectivity index (χ0n) is 19.1. The van der Waals surface area contributed by atoms with Crippen LogP contribution in [0.25, 0.3) is 0 Å². The summed E-state index contributed by atoms with van der Waals surface area (Å²) in [5.74, 6) is -0.591. The lowest BCUT2D eigenvalue weighted by atomic mass is 9.68. The number of carbonyl (C=O) groups is 2. The molecule has 1 aliphatic carbocycles. The molecule has 0 aromatic heterocycles. The number of benzene rings is 1. The number of nitrogens with one attached hydrogen (secondary N) is 1. The summed E-state index contributed by atoms with van der Waals surface area (Å²) in [6, 6.07) is 5.02. The Hall–Kier alpha value is -2.76. The van der Waals surface area contributed by atoms with E-state index in [2.05, 4.69) is 19.2 Å². The summed E-state index contributed by atoms with van der Waals surface area (Å²) in [5.41, 5.74) is 3.18. The lowest BCUT2D eigenvalue weighted by molar-refractivity contribution is -0.139. The van der Waals surface area contributed by atoms with Gasteiger partial charge < -0.3 is 19.9 Å². The van der Waals surface area contributed by atoms with Crippen molar-refractivity contribution in [2.45, 2.75) is 66.2 Å². The SMILES string of the molecule is CCCCOC(=O)C1=C(C)NC2=C(C(=O)CC(C)(C)C2)[C@@H]1c1ccc(O)c(OCC)c1. The average Bonchev–Trinajstić information content (AvgIpc) is 2.68. The molecule has 6 nitrogen and oxygen atoms in total. The highest BCUT2D eigenvalue weighted by atomic mass is 16.5. The molecule has 0 bridgehead atoms. The second kappa shape index (κ2) is 9.16. The number of dihydropyridines is 1. The Morgan fingerprint density at radius 2 is 2.00 bits per heavy atom. The van der Waals surface area contributed by atoms with E-state index < -0.39 is 11.9 Å². The van der Waals surface area contributed by atoms with Crippen molar-refractivity contribution in [3.63, 3.8) is 0 Å². The first-order chi connectivity index (χ1) is 14.7. The van der Waals surface area contributed by atoms with Gasteiger partial charge in [0.2, 0.25) is 0 Å². The quantitative estimate of drug-likeness (QED) is 0.483. The number of ketones is 1. The molecule has 0 unspecified atom stereocenters. The van der Waals surface area contributed by atoms with Gasteiger partial charge in [-0.1, -0.05) is 33.3 Å². The maximum Gasteiger partial charge on any atom is 0.336 e. The summed E-state index contributed by atoms with van der Waals surface area (Å²) in [7, 11) is 0. The monoisotopic (exact) mass is 427 g/mol. The van der Waals surface area contributed by atoms with Crippen molar-refractivity contribution in [2.24, 2.45) is 5.41 Å². The fourth-order valence-corrected chi connectivity index (χ4v) is 4.41. The van der Waals surface area contributed by atoms with E-state index in [1.54, 1.807) is 18.2 Å². The first-order valence-electron chi connectivity index (χ1n) is 11.0. The number of hydrogen-bond acceptors (Lipinski definition) is 6. The highest BCUT2D eigenvalue weighted by molar-refractivity contribution is 6.04. The Labute approximate surface area is 184 Å². The topological polar surface area (TPSA) is 84.9 Å². The molecule has 168 valence electrons. The highest BCUT2D eigenvalue weighted by Gasteiger charge is 2.43. The summed E-state index contributed by atoms with van der Waals surface area (Å²) < 4.78 is 11.1. The number of esters is 1. The molecule has 0 saturated carbocycles. The lowest BCUT2D eigenvalue weighted by Crippen LogP contribution is -2.38. The molecule has 1 aromatic carbocycles. The number of hydrogen-bond donors (Lipinski definition) is 2. The minimum absolute atomic E-state index is 0.0256. The molecular weight excluding hydrogens is 394 g/mol. The Balaban J connectivity index is 2.12. The van der Waals surface area contributed by atoms with Crippen molar-refractivity contribution in [3.05, 3.63) is 46.3 Å². The van der Waals surface area contributed by atoms with Crippen molar-refractivity contribution in [2.75, 3.05) is 13.2 Å². The molecule has 6 heteroatoms. The van der Waals surface area contributed by atoms with E-state index >= 15 is 0 Å². The van der Waals surface area contributed by atoms with Crippen molar-refractivity contribution in [3.8, 4) is 11.5 Å². The molecule has 1 heterocycles. The summed E-state index contributed by atoms with van der Waals surface area (Å²) in [4.78, 5) is 26.4. The Kier molecular flexibility index (Phi) is 6.77. The summed E-state index contributed by atoms with van der Waals surface area (Å²) in [6.07, 6.45) is 2.84. The minimum atomic E-state index is -0.561. The van der Waals surface area contributed by atoms with Crippen LogP contribution in [0.4, 0.5) is 0 Å². The summed E-state index contributed by atoms with van der Waals surface area (Å²) >= 11 is 0. The molecule has 1 aliphatic heterocycles. The van der Waals surface area contributed by atoms with Gasteiger partial charge in [0.1, 0.15) is 0 Å². The van der Waals surface area contributed by atoms with E-state index in [-0.39, 0.29) is 16.9 Å². The van der Waals surface area contributed by atoms with Crippen LogP contribution >= 0.6 is 0 Å². The lowest BCUT2D eigenvalue weighted by Gasteiger charge is -2.39. The summed E-state index contributed by atoms with van der Waals surface area (Å²) in [5, 5.41) is 13.5. The van der Waals surface area contributed by atoms with Crippen LogP contribution in [0.15, 0.2) is 40.7 Å². The fourth-order valence-electron chi connectivity index (χ4n) is 4.41. The molecule has 2 N–H and O–H groups in total. The van der Waals surface area contributed by atoms with Crippen LogP contribution in [0.5, 0.6) is 11.5 Å². The molecule has 2 aliphatic rings. The number of carbonyl (C=O) groups excluding carboxylic acids is 2. The van der Waals surface area contributed by atoms with Gasteiger partial charge >= 0.3 is 5.97 Å². The van der Waals surface area contributed by atoms with Crippen LogP contribution in [0.3, 0.4) is 0 Å². The second-order valence-corrected chi connectivity index (χ2v) is 9.08. The van der Waals surface area contributed by atoms with E-state index in [0.29, 0.717) is 42.2 Å². The largest absolute Gasteiger partial charge is 0.504 e. The van der Waals surface area contributed by atoms with Gasteiger partial charge in [-0.25, -0.2) is 4.79 Å². The van der Waals surface area contributed by atoms with E-state index in [1.165, 1.54) is 0 Å². The fraction of sp³-hybridized carbons (Fsp3) is 0.520. The number of rotatable bonds is 7. The number of Topliss-reactive ketones (excluding diaryl/α,β-unsaturated/α-hetero) is 1. The molecule has 0 radical (unpaired) electrons. The molecule has 0 amide bonds. The molecule has 0 spiro atoms. The Morgan fingerprint density at radius 1 is 1.26 bits per heavy atom. The van der Waals surface area contributed by atoms with E-state index in [1.807, 2.05) is 20.8 Å². The van der Waals surface area contributed by atoms with E-state index in [4.69, 9.17) is 9.47 Å². The predicted molar refractivity (Wildman–Crippen MR) is 119 cm³/mol. The molecular formula is C25H33NO5. The number of phenolic OH excluding ortho intramolecular Hbond substituents is 1. The van der Waals surface area contributed by atoms with Crippen LogP contribution in [0, 0.1) is 5.41 Å². The third-order valence-electron chi connectivity index (χ3n) is 5.81. The van der Waals surface area contributed by atoms with Crippen molar-refractivity contribution < 1.29 is 24.2 Å². The van der Waals surface area contributed by atoms with Crippen LogP contribution in [-0.4, -0.2) is 30.1 Å². The summed E-state index contributed by atoms with van der Waals surface area (Å²) in [6.45, 7) is 10.6. The number of unbranched alkanes of at least 4 members (excludes halogenated alkanes) is 1. The smallest absolute Gasteiger partial charge is 0.336 e. The average molecular weight is 428 g/mol. The van der Waals surface area contributed by atoms with Crippen LogP contribution in [0.1, 0.15) is 71.8 Å². The van der Waals surface area contributed by atoms with Crippen molar-refractivity contribution in [1.29, 1.82) is 0 Å². The number of allylic oxidation sites excluding steroid dienone is 3. The molecule has 0 saturated heterocycles. The first-order valence-corrected chi connectivity index (χ1v) is 11.0. The zero-order valence-corrected chi connectivity index (χ0v) is 19.1.